The summed E-state index contributed by atoms with van der Waals surface area (Å²) in [6.45, 7) is 4.25. The molecule has 0 saturated carbocycles. The molecule has 0 saturated heterocycles. The van der Waals surface area contributed by atoms with Gasteiger partial charge < -0.3 is 5.73 Å². The Balaban J connectivity index is 2.40. The van der Waals surface area contributed by atoms with Crippen molar-refractivity contribution in [1.82, 2.24) is 19.7 Å². The molecule has 2 heterocycles. The summed E-state index contributed by atoms with van der Waals surface area (Å²) < 4.78 is 1.83. The zero-order valence-electron chi connectivity index (χ0n) is 9.46. The zero-order valence-corrected chi connectivity index (χ0v) is 9.46. The monoisotopic (exact) mass is 217 g/mol. The third-order valence-electron chi connectivity index (χ3n) is 2.46. The first kappa shape index (κ1) is 10.8. The number of pyridine rings is 1. The molecule has 5 heteroatoms. The van der Waals surface area contributed by atoms with Gasteiger partial charge in [-0.05, 0) is 26.0 Å². The number of aromatic nitrogens is 4. The lowest BCUT2D eigenvalue weighted by molar-refractivity contribution is 0.503. The third kappa shape index (κ3) is 1.94. The fourth-order valence-corrected chi connectivity index (χ4v) is 1.75. The van der Waals surface area contributed by atoms with Crippen LogP contribution in [0, 0.1) is 13.8 Å². The minimum absolute atomic E-state index is 0.0394. The van der Waals surface area contributed by atoms with Crippen LogP contribution < -0.4 is 5.73 Å². The van der Waals surface area contributed by atoms with Crippen LogP contribution in [0.3, 0.4) is 0 Å². The molecule has 2 aromatic heterocycles. The van der Waals surface area contributed by atoms with E-state index in [0.29, 0.717) is 6.54 Å². The Bertz CT molecular complexity index is 462. The van der Waals surface area contributed by atoms with Gasteiger partial charge in [-0.25, -0.2) is 9.67 Å². The quantitative estimate of drug-likeness (QED) is 0.827. The Morgan fingerprint density at radius 2 is 2.19 bits per heavy atom. The van der Waals surface area contributed by atoms with Crippen molar-refractivity contribution in [3.8, 4) is 0 Å². The molecule has 2 N–H and O–H groups in total. The van der Waals surface area contributed by atoms with E-state index < -0.39 is 0 Å². The Hall–Kier alpha value is -1.75. The second-order valence-electron chi connectivity index (χ2n) is 3.66. The van der Waals surface area contributed by atoms with Crippen LogP contribution in [-0.2, 0) is 0 Å². The molecule has 1 atom stereocenters. The topological polar surface area (TPSA) is 69.6 Å². The first-order valence-corrected chi connectivity index (χ1v) is 5.23. The van der Waals surface area contributed by atoms with Gasteiger partial charge in [-0.15, -0.1) is 0 Å². The van der Waals surface area contributed by atoms with Crippen molar-refractivity contribution in [2.45, 2.75) is 19.9 Å². The van der Waals surface area contributed by atoms with Gasteiger partial charge in [0.1, 0.15) is 17.7 Å². The number of rotatable bonds is 3. The molecule has 0 aliphatic heterocycles. The highest BCUT2D eigenvalue weighted by Gasteiger charge is 2.16. The fraction of sp³-hybridized carbons (Fsp3) is 0.364. The highest BCUT2D eigenvalue weighted by molar-refractivity contribution is 5.11. The van der Waals surface area contributed by atoms with Crippen molar-refractivity contribution in [3.05, 3.63) is 41.7 Å². The second kappa shape index (κ2) is 4.40. The SMILES string of the molecule is Cc1nc(C)n(C(CN)c2ccccn2)n1. The molecule has 0 bridgehead atoms. The molecule has 2 aromatic rings. The van der Waals surface area contributed by atoms with Crippen LogP contribution in [0.15, 0.2) is 24.4 Å². The van der Waals surface area contributed by atoms with Crippen molar-refractivity contribution in [1.29, 1.82) is 0 Å². The van der Waals surface area contributed by atoms with Crippen molar-refractivity contribution in [3.63, 3.8) is 0 Å². The fourth-order valence-electron chi connectivity index (χ4n) is 1.75. The van der Waals surface area contributed by atoms with Gasteiger partial charge in [0.15, 0.2) is 0 Å². The first-order valence-electron chi connectivity index (χ1n) is 5.23. The van der Waals surface area contributed by atoms with Crippen molar-refractivity contribution >= 4 is 0 Å². The third-order valence-corrected chi connectivity index (χ3v) is 2.46. The first-order chi connectivity index (χ1) is 7.72. The molecule has 84 valence electrons. The van der Waals surface area contributed by atoms with Gasteiger partial charge in [-0.1, -0.05) is 6.07 Å². The zero-order chi connectivity index (χ0) is 11.5. The van der Waals surface area contributed by atoms with Crippen LogP contribution >= 0.6 is 0 Å². The summed E-state index contributed by atoms with van der Waals surface area (Å²) >= 11 is 0. The summed E-state index contributed by atoms with van der Waals surface area (Å²) in [5.74, 6) is 1.62. The predicted molar refractivity (Wildman–Crippen MR) is 60.9 cm³/mol. The van der Waals surface area contributed by atoms with Crippen LogP contribution in [0.4, 0.5) is 0 Å². The minimum atomic E-state index is -0.0394. The van der Waals surface area contributed by atoms with E-state index in [9.17, 15) is 0 Å². The average molecular weight is 217 g/mol. The molecular weight excluding hydrogens is 202 g/mol. The summed E-state index contributed by atoms with van der Waals surface area (Å²) in [5, 5.41) is 4.34. The molecule has 2 rings (SSSR count). The van der Waals surface area contributed by atoms with Gasteiger partial charge in [0.2, 0.25) is 0 Å². The molecule has 0 aliphatic rings. The molecular formula is C11H15N5. The maximum Gasteiger partial charge on any atom is 0.147 e. The molecule has 5 nitrogen and oxygen atoms in total. The molecule has 0 radical (unpaired) electrons. The Kier molecular flexibility index (Phi) is 2.96. The van der Waals surface area contributed by atoms with Crippen LogP contribution in [0.5, 0.6) is 0 Å². The van der Waals surface area contributed by atoms with Crippen LogP contribution in [0.25, 0.3) is 0 Å². The van der Waals surface area contributed by atoms with Gasteiger partial charge in [-0.3, -0.25) is 4.98 Å². The van der Waals surface area contributed by atoms with Crippen LogP contribution in [0.1, 0.15) is 23.4 Å². The molecule has 1 unspecified atom stereocenters. The number of hydrogen-bond donors (Lipinski definition) is 1. The summed E-state index contributed by atoms with van der Waals surface area (Å²) in [6, 6.07) is 5.75. The van der Waals surface area contributed by atoms with E-state index in [2.05, 4.69) is 15.1 Å². The van der Waals surface area contributed by atoms with Gasteiger partial charge in [0, 0.05) is 12.7 Å². The normalized spacial score (nSPS) is 12.7. The van der Waals surface area contributed by atoms with Crippen molar-refractivity contribution < 1.29 is 0 Å². The number of aryl methyl sites for hydroxylation is 2. The molecule has 0 aromatic carbocycles. The van der Waals surface area contributed by atoms with Crippen molar-refractivity contribution in [2.24, 2.45) is 5.73 Å². The largest absolute Gasteiger partial charge is 0.328 e. The Morgan fingerprint density at radius 3 is 2.69 bits per heavy atom. The highest BCUT2D eigenvalue weighted by atomic mass is 15.4. The molecule has 0 aliphatic carbocycles. The molecule has 0 amide bonds. The maximum absolute atomic E-state index is 5.79. The van der Waals surface area contributed by atoms with E-state index in [4.69, 9.17) is 5.73 Å². The van der Waals surface area contributed by atoms with Gasteiger partial charge in [0.25, 0.3) is 0 Å². The average Bonchev–Trinajstić information content (AvgIpc) is 2.61. The summed E-state index contributed by atoms with van der Waals surface area (Å²) in [5.41, 5.74) is 6.70. The van der Waals surface area contributed by atoms with Crippen molar-refractivity contribution in [2.75, 3.05) is 6.54 Å². The summed E-state index contributed by atoms with van der Waals surface area (Å²) in [4.78, 5) is 8.58. The number of hydrogen-bond acceptors (Lipinski definition) is 4. The smallest absolute Gasteiger partial charge is 0.147 e. The van der Waals surface area contributed by atoms with Crippen LogP contribution in [0.2, 0.25) is 0 Å². The summed E-state index contributed by atoms with van der Waals surface area (Å²) in [7, 11) is 0. The molecule has 0 fully saturated rings. The van der Waals surface area contributed by atoms with Crippen LogP contribution in [-0.4, -0.2) is 26.3 Å². The van der Waals surface area contributed by atoms with E-state index in [-0.39, 0.29) is 6.04 Å². The van der Waals surface area contributed by atoms with E-state index in [1.807, 2.05) is 36.7 Å². The van der Waals surface area contributed by atoms with E-state index in [1.165, 1.54) is 0 Å². The Morgan fingerprint density at radius 1 is 1.38 bits per heavy atom. The predicted octanol–water partition coefficient (Wildman–Crippen LogP) is 0.838. The van der Waals surface area contributed by atoms with E-state index in [1.54, 1.807) is 6.20 Å². The van der Waals surface area contributed by atoms with Gasteiger partial charge >= 0.3 is 0 Å². The highest BCUT2D eigenvalue weighted by Crippen LogP contribution is 2.15. The standard InChI is InChI=1S/C11H15N5/c1-8-14-9(2)16(15-8)11(7-12)10-5-3-4-6-13-10/h3-6,11H,7,12H2,1-2H3. The lowest BCUT2D eigenvalue weighted by Crippen LogP contribution is -2.23. The maximum atomic E-state index is 5.79. The van der Waals surface area contributed by atoms with Gasteiger partial charge in [-0.2, -0.15) is 5.10 Å². The lowest BCUT2D eigenvalue weighted by Gasteiger charge is -2.15. The number of nitrogens with zero attached hydrogens (tertiary/aromatic N) is 4. The number of nitrogens with two attached hydrogens (primary N) is 1. The lowest BCUT2D eigenvalue weighted by atomic mass is 10.2. The molecule has 16 heavy (non-hydrogen) atoms. The van der Waals surface area contributed by atoms with E-state index in [0.717, 1.165) is 17.3 Å². The van der Waals surface area contributed by atoms with E-state index >= 15 is 0 Å². The minimum Gasteiger partial charge on any atom is -0.328 e. The Labute approximate surface area is 94.3 Å². The molecule has 0 spiro atoms. The summed E-state index contributed by atoms with van der Waals surface area (Å²) in [6.07, 6.45) is 1.76. The van der Waals surface area contributed by atoms with Gasteiger partial charge in [0.05, 0.1) is 5.69 Å². The second-order valence-corrected chi connectivity index (χ2v) is 3.66.